The summed E-state index contributed by atoms with van der Waals surface area (Å²) in [7, 11) is 1.51. The lowest BCUT2D eigenvalue weighted by Crippen LogP contribution is -2.45. The van der Waals surface area contributed by atoms with Crippen LogP contribution >= 0.6 is 7.82 Å². The first-order valence-corrected chi connectivity index (χ1v) is 32.5. The molecule has 0 spiro atoms. The highest BCUT2D eigenvalue weighted by Crippen LogP contribution is 2.43. The zero-order valence-electron chi connectivity index (χ0n) is 50.8. The minimum absolute atomic E-state index is 0.0417. The van der Waals surface area contributed by atoms with E-state index in [1.54, 1.807) is 6.08 Å². The number of quaternary nitrogens is 1. The van der Waals surface area contributed by atoms with Crippen molar-refractivity contribution in [3.8, 4) is 0 Å². The molecule has 0 aliphatic rings. The number of rotatable bonds is 54. The predicted octanol–water partition coefficient (Wildman–Crippen LogP) is 19.6. The van der Waals surface area contributed by atoms with Crippen LogP contribution in [0.4, 0.5) is 0 Å². The highest BCUT2D eigenvalue weighted by Gasteiger charge is 2.27. The molecule has 8 nitrogen and oxygen atoms in total. The number of hydrogen-bond donors (Lipinski definition) is 3. The standard InChI is InChI=1S/C70H115N2O6P/c1-6-8-10-12-14-16-18-20-22-24-25-26-27-28-29-30-31-32-33-34-35-36-37-38-39-40-41-42-43-44-45-46-47-48-50-52-54-56-58-60-62-64-70(74)71-68(67-78-79(75,76)77-66-65-72(3,4)5)69(73)63-61-59-57-55-53-51-49-23-21-19-17-15-13-11-9-7-2/h8,10,14,16,20,22,25-26,28-29,31-32,34-35,37-38,40-41,43-44,46-47,50,52-53,55,61,63,68-69,73H,6-7,9,11-13,15,17-19,21,23-24,27,30,33,36,39,42,45,48-49,51,54,56-60,62,64-67H2,1-5H3,(H-,71,74,75,76)/p+1/b10-8-,16-14-,22-20-,26-25-,29-28-,32-31-,35-34-,38-37-,41-40-,44-43-,47-46-,52-50-,55-53+,63-61+. The number of carbonyl (C=O) groups is 1. The number of carbonyl (C=O) groups excluding carboxylic acids is 1. The van der Waals surface area contributed by atoms with Crippen molar-refractivity contribution in [3.05, 3.63) is 170 Å². The molecule has 0 radical (unpaired) electrons. The lowest BCUT2D eigenvalue weighted by Gasteiger charge is -2.25. The molecule has 0 saturated carbocycles. The van der Waals surface area contributed by atoms with Gasteiger partial charge in [-0.2, -0.15) is 0 Å². The van der Waals surface area contributed by atoms with E-state index in [0.29, 0.717) is 17.4 Å². The molecule has 1 amide bonds. The molecule has 0 saturated heterocycles. The van der Waals surface area contributed by atoms with E-state index in [1.165, 1.54) is 64.2 Å². The Morgan fingerprint density at radius 2 is 0.772 bits per heavy atom. The first-order chi connectivity index (χ1) is 38.5. The van der Waals surface area contributed by atoms with Crippen molar-refractivity contribution in [2.75, 3.05) is 40.9 Å². The van der Waals surface area contributed by atoms with Gasteiger partial charge in [-0.05, 0) is 122 Å². The molecule has 0 bridgehead atoms. The number of unbranched alkanes of at least 4 members (excludes halogenated alkanes) is 15. The third-order valence-corrected chi connectivity index (χ3v) is 13.7. The molecular weight excluding hydrogens is 996 g/mol. The summed E-state index contributed by atoms with van der Waals surface area (Å²) in [5.41, 5.74) is 0. The third-order valence-electron chi connectivity index (χ3n) is 12.7. The Morgan fingerprint density at radius 1 is 0.443 bits per heavy atom. The molecule has 0 aromatic heterocycles. The largest absolute Gasteiger partial charge is 0.472 e. The lowest BCUT2D eigenvalue weighted by molar-refractivity contribution is -0.870. The molecule has 0 aromatic carbocycles. The summed E-state index contributed by atoms with van der Waals surface area (Å²) in [5, 5.41) is 13.9. The predicted molar refractivity (Wildman–Crippen MR) is 345 cm³/mol. The van der Waals surface area contributed by atoms with Gasteiger partial charge >= 0.3 is 7.82 Å². The summed E-state index contributed by atoms with van der Waals surface area (Å²) in [6, 6.07) is -0.890. The number of hydrogen-bond acceptors (Lipinski definition) is 5. The molecule has 0 aliphatic heterocycles. The maximum absolute atomic E-state index is 13.0. The van der Waals surface area contributed by atoms with Gasteiger partial charge in [0.2, 0.25) is 5.91 Å². The van der Waals surface area contributed by atoms with Gasteiger partial charge in [-0.1, -0.05) is 255 Å². The Labute approximate surface area is 485 Å². The van der Waals surface area contributed by atoms with Crippen LogP contribution in [-0.2, 0) is 18.4 Å². The van der Waals surface area contributed by atoms with Gasteiger partial charge < -0.3 is 19.8 Å². The van der Waals surface area contributed by atoms with Gasteiger partial charge in [0.25, 0.3) is 0 Å². The zero-order chi connectivity index (χ0) is 57.7. The SMILES string of the molecule is CC/C=C\C/C=C\C/C=C\C/C=C\C/C=C\C/C=C\C/C=C\C/C=C\C/C=C\C/C=C\C/C=C\C/C=C\CCCCCCC(=O)NC(COP(=O)(O)OCC[N+](C)(C)C)C(O)/C=C/CC/C=C/CCCCCCCCCCCC. The topological polar surface area (TPSA) is 105 Å². The van der Waals surface area contributed by atoms with Crippen LogP contribution in [0.3, 0.4) is 0 Å². The van der Waals surface area contributed by atoms with Crippen molar-refractivity contribution in [1.82, 2.24) is 5.32 Å². The molecule has 0 rings (SSSR count). The summed E-state index contributed by atoms with van der Waals surface area (Å²) in [5.74, 6) is -0.219. The van der Waals surface area contributed by atoms with Crippen LogP contribution in [0.2, 0.25) is 0 Å². The normalized spacial score (nSPS) is 15.0. The number of aliphatic hydroxyl groups excluding tert-OH is 1. The first kappa shape index (κ1) is 74.9. The Hall–Kier alpha value is -4.14. The molecule has 446 valence electrons. The monoisotopic (exact) mass is 1110 g/mol. The third kappa shape index (κ3) is 61.3. The van der Waals surface area contributed by atoms with Crippen LogP contribution in [-0.4, -0.2) is 73.4 Å². The number of phosphoric acid groups is 1. The number of nitrogens with one attached hydrogen (secondary N) is 1. The second-order valence-corrected chi connectivity index (χ2v) is 22.8. The molecule has 79 heavy (non-hydrogen) atoms. The van der Waals surface area contributed by atoms with E-state index in [0.717, 1.165) is 128 Å². The van der Waals surface area contributed by atoms with Gasteiger partial charge in [0.1, 0.15) is 13.2 Å². The molecule has 9 heteroatoms. The molecule has 0 fully saturated rings. The van der Waals surface area contributed by atoms with E-state index in [2.05, 4.69) is 177 Å². The maximum Gasteiger partial charge on any atom is 0.472 e. The van der Waals surface area contributed by atoms with Crippen molar-refractivity contribution < 1.29 is 32.9 Å². The number of nitrogens with zero attached hydrogens (tertiary/aromatic N) is 1. The summed E-state index contributed by atoms with van der Waals surface area (Å²) >= 11 is 0. The minimum atomic E-state index is -4.37. The van der Waals surface area contributed by atoms with Crippen LogP contribution in [0.5, 0.6) is 0 Å². The first-order valence-electron chi connectivity index (χ1n) is 31.0. The minimum Gasteiger partial charge on any atom is -0.387 e. The molecule has 3 atom stereocenters. The fourth-order valence-corrected chi connectivity index (χ4v) is 8.60. The van der Waals surface area contributed by atoms with Crippen LogP contribution in [0.1, 0.15) is 213 Å². The summed E-state index contributed by atoms with van der Waals surface area (Å²) in [6.45, 7) is 4.63. The summed E-state index contributed by atoms with van der Waals surface area (Å²) in [6.07, 6.45) is 93.3. The molecule has 0 aliphatic carbocycles. The highest BCUT2D eigenvalue weighted by molar-refractivity contribution is 7.47. The molecular formula is C70H116N2O6P+. The number of aliphatic hydroxyl groups is 1. The van der Waals surface area contributed by atoms with Gasteiger partial charge in [-0.15, -0.1) is 0 Å². The Bertz CT molecular complexity index is 1890. The second-order valence-electron chi connectivity index (χ2n) is 21.3. The average Bonchev–Trinajstić information content (AvgIpc) is 3.42. The van der Waals surface area contributed by atoms with Crippen LogP contribution in [0, 0.1) is 0 Å². The van der Waals surface area contributed by atoms with E-state index >= 15 is 0 Å². The number of amides is 1. The van der Waals surface area contributed by atoms with Crippen molar-refractivity contribution in [2.24, 2.45) is 0 Å². The fourth-order valence-electron chi connectivity index (χ4n) is 7.86. The van der Waals surface area contributed by atoms with Crippen molar-refractivity contribution in [1.29, 1.82) is 0 Å². The van der Waals surface area contributed by atoms with E-state index in [1.807, 2.05) is 27.2 Å². The highest BCUT2D eigenvalue weighted by atomic mass is 31.2. The molecule has 3 unspecified atom stereocenters. The molecule has 0 heterocycles. The Balaban J connectivity index is 4.24. The van der Waals surface area contributed by atoms with Crippen LogP contribution in [0.15, 0.2) is 170 Å². The second kappa shape index (κ2) is 58.5. The number of likely N-dealkylation sites (N-methyl/N-ethyl adjacent to an activating group) is 1. The van der Waals surface area contributed by atoms with Crippen molar-refractivity contribution in [3.63, 3.8) is 0 Å². The number of allylic oxidation sites excluding steroid dienone is 27. The van der Waals surface area contributed by atoms with Gasteiger partial charge in [-0.3, -0.25) is 13.8 Å². The lowest BCUT2D eigenvalue weighted by atomic mass is 10.1. The van der Waals surface area contributed by atoms with E-state index in [-0.39, 0.29) is 19.1 Å². The molecule has 3 N–H and O–H groups in total. The fraction of sp³-hybridized carbons (Fsp3) is 0.586. The number of phosphoric ester groups is 1. The van der Waals surface area contributed by atoms with Gasteiger partial charge in [0, 0.05) is 6.42 Å². The van der Waals surface area contributed by atoms with Gasteiger partial charge in [-0.25, -0.2) is 4.57 Å². The quantitative estimate of drug-likeness (QED) is 0.0243. The average molecular weight is 1110 g/mol. The van der Waals surface area contributed by atoms with Crippen LogP contribution < -0.4 is 5.32 Å². The summed E-state index contributed by atoms with van der Waals surface area (Å²) < 4.78 is 23.7. The van der Waals surface area contributed by atoms with Gasteiger partial charge in [0.15, 0.2) is 0 Å². The Morgan fingerprint density at radius 3 is 1.16 bits per heavy atom. The Kier molecular flexibility index (Phi) is 55.4. The summed E-state index contributed by atoms with van der Waals surface area (Å²) in [4.78, 5) is 23.3. The molecule has 0 aromatic rings. The van der Waals surface area contributed by atoms with Crippen molar-refractivity contribution in [2.45, 2.75) is 225 Å². The van der Waals surface area contributed by atoms with Crippen LogP contribution in [0.25, 0.3) is 0 Å². The smallest absolute Gasteiger partial charge is 0.387 e. The maximum atomic E-state index is 13.0. The van der Waals surface area contributed by atoms with E-state index < -0.39 is 20.0 Å². The van der Waals surface area contributed by atoms with Gasteiger partial charge in [0.05, 0.1) is 39.9 Å². The zero-order valence-corrected chi connectivity index (χ0v) is 51.7. The van der Waals surface area contributed by atoms with Crippen molar-refractivity contribution >= 4 is 13.7 Å². The van der Waals surface area contributed by atoms with E-state index in [9.17, 15) is 19.4 Å². The van der Waals surface area contributed by atoms with E-state index in [4.69, 9.17) is 9.05 Å².